The lowest BCUT2D eigenvalue weighted by Gasteiger charge is -2.54. The van der Waals surface area contributed by atoms with E-state index >= 15 is 0 Å². The molecule has 0 aromatic carbocycles. The number of fused-ring (bicyclic) bond motifs is 1. The first-order valence-corrected chi connectivity index (χ1v) is 8.20. The van der Waals surface area contributed by atoms with Gasteiger partial charge < -0.3 is 0 Å². The van der Waals surface area contributed by atoms with Gasteiger partial charge in [-0.3, -0.25) is 9.80 Å². The molecule has 2 fully saturated rings. The van der Waals surface area contributed by atoms with Crippen molar-refractivity contribution < 1.29 is 0 Å². The third-order valence-corrected chi connectivity index (χ3v) is 4.93. The first kappa shape index (κ1) is 15.3. The Morgan fingerprint density at radius 1 is 1.00 bits per heavy atom. The van der Waals surface area contributed by atoms with Crippen molar-refractivity contribution in [2.75, 3.05) is 19.6 Å². The molecule has 2 aliphatic heterocycles. The van der Waals surface area contributed by atoms with Gasteiger partial charge in [-0.05, 0) is 52.0 Å². The second-order valence-corrected chi connectivity index (χ2v) is 8.70. The lowest BCUT2D eigenvalue weighted by molar-refractivity contribution is -0.0476. The minimum Gasteiger partial charge on any atom is -0.298 e. The van der Waals surface area contributed by atoms with E-state index in [1.165, 1.54) is 45.3 Å². The zero-order valence-electron chi connectivity index (χ0n) is 14.0. The van der Waals surface area contributed by atoms with E-state index in [0.29, 0.717) is 17.0 Å². The fourth-order valence-corrected chi connectivity index (χ4v) is 4.60. The van der Waals surface area contributed by atoms with Crippen LogP contribution in [0.1, 0.15) is 67.2 Å². The van der Waals surface area contributed by atoms with Crippen molar-refractivity contribution in [2.24, 2.45) is 5.41 Å². The number of rotatable bonds is 2. The van der Waals surface area contributed by atoms with Crippen molar-refractivity contribution in [3.63, 3.8) is 0 Å². The Kier molecular flexibility index (Phi) is 4.32. The minimum atomic E-state index is 0.321. The highest BCUT2D eigenvalue weighted by Gasteiger charge is 2.40. The maximum atomic E-state index is 2.80. The molecule has 2 atom stereocenters. The number of hydrogen-bond donors (Lipinski definition) is 0. The molecule has 2 nitrogen and oxygen atoms in total. The van der Waals surface area contributed by atoms with E-state index in [9.17, 15) is 0 Å². The van der Waals surface area contributed by atoms with E-state index in [-0.39, 0.29) is 0 Å². The zero-order valence-corrected chi connectivity index (χ0v) is 14.0. The Hall–Kier alpha value is -0.0800. The maximum Gasteiger partial charge on any atom is 0.0224 e. The Bertz CT molecular complexity index is 303. The molecular weight excluding hydrogens is 232 g/mol. The summed E-state index contributed by atoms with van der Waals surface area (Å²) in [4.78, 5) is 5.54. The topological polar surface area (TPSA) is 6.48 Å². The quantitative estimate of drug-likeness (QED) is 0.751. The summed E-state index contributed by atoms with van der Waals surface area (Å²) < 4.78 is 0. The van der Waals surface area contributed by atoms with Crippen LogP contribution in [-0.4, -0.2) is 47.1 Å². The van der Waals surface area contributed by atoms with Gasteiger partial charge in [-0.2, -0.15) is 0 Å². The van der Waals surface area contributed by atoms with Crippen LogP contribution in [0, 0.1) is 5.41 Å². The molecule has 2 unspecified atom stereocenters. The molecule has 2 aliphatic rings. The van der Waals surface area contributed by atoms with E-state index in [4.69, 9.17) is 0 Å². The maximum absolute atomic E-state index is 2.80. The zero-order chi connectivity index (χ0) is 14.3. The van der Waals surface area contributed by atoms with Crippen molar-refractivity contribution in [3.8, 4) is 0 Å². The molecule has 0 N–H and O–H groups in total. The number of piperazine rings is 1. The smallest absolute Gasteiger partial charge is 0.0224 e. The van der Waals surface area contributed by atoms with Gasteiger partial charge in [-0.15, -0.1) is 0 Å². The highest BCUT2D eigenvalue weighted by Crippen LogP contribution is 2.35. The Morgan fingerprint density at radius 2 is 1.68 bits per heavy atom. The standard InChI is InChI=1S/C17H34N2/c1-14-11-18-10-8-7-9-15(18)12-19(14)17(5,6)13-16(2,3)4/h14-15H,7-13H2,1-6H3. The predicted molar refractivity (Wildman–Crippen MR) is 83.5 cm³/mol. The molecule has 112 valence electrons. The minimum absolute atomic E-state index is 0.321. The second-order valence-electron chi connectivity index (χ2n) is 8.70. The lowest BCUT2D eigenvalue weighted by Crippen LogP contribution is -2.64. The van der Waals surface area contributed by atoms with Crippen LogP contribution in [0.3, 0.4) is 0 Å². The normalized spacial score (nSPS) is 31.3. The second kappa shape index (κ2) is 5.37. The van der Waals surface area contributed by atoms with E-state index < -0.39 is 0 Å². The molecule has 2 heterocycles. The predicted octanol–water partition coefficient (Wildman–Crippen LogP) is 3.76. The molecule has 0 aliphatic carbocycles. The van der Waals surface area contributed by atoms with Crippen LogP contribution in [0.2, 0.25) is 0 Å². The third kappa shape index (κ3) is 3.72. The highest BCUT2D eigenvalue weighted by atomic mass is 15.3. The summed E-state index contributed by atoms with van der Waals surface area (Å²) in [6.07, 6.45) is 5.53. The summed E-state index contributed by atoms with van der Waals surface area (Å²) in [6, 6.07) is 1.52. The summed E-state index contributed by atoms with van der Waals surface area (Å²) in [7, 11) is 0. The molecule has 0 saturated carbocycles. The summed E-state index contributed by atoms with van der Waals surface area (Å²) >= 11 is 0. The van der Waals surface area contributed by atoms with E-state index in [1.54, 1.807) is 0 Å². The van der Waals surface area contributed by atoms with Crippen LogP contribution in [0.5, 0.6) is 0 Å². The van der Waals surface area contributed by atoms with Gasteiger partial charge >= 0.3 is 0 Å². The Balaban J connectivity index is 2.06. The van der Waals surface area contributed by atoms with Gasteiger partial charge in [-0.25, -0.2) is 0 Å². The van der Waals surface area contributed by atoms with Gasteiger partial charge in [0.2, 0.25) is 0 Å². The number of hydrogen-bond acceptors (Lipinski definition) is 2. The van der Waals surface area contributed by atoms with E-state index in [2.05, 4.69) is 51.3 Å². The van der Waals surface area contributed by atoms with Crippen molar-refractivity contribution in [3.05, 3.63) is 0 Å². The van der Waals surface area contributed by atoms with Gasteiger partial charge in [0, 0.05) is 30.7 Å². The summed E-state index contributed by atoms with van der Waals surface area (Å²) in [5, 5.41) is 0. The van der Waals surface area contributed by atoms with Crippen LogP contribution >= 0.6 is 0 Å². The molecular formula is C17H34N2. The summed E-state index contributed by atoms with van der Waals surface area (Å²) in [5.41, 5.74) is 0.730. The van der Waals surface area contributed by atoms with Gasteiger partial charge in [0.1, 0.15) is 0 Å². The summed E-state index contributed by atoms with van der Waals surface area (Å²) in [5.74, 6) is 0. The van der Waals surface area contributed by atoms with Gasteiger partial charge in [-0.1, -0.05) is 27.2 Å². The summed E-state index contributed by atoms with van der Waals surface area (Å²) in [6.45, 7) is 18.3. The van der Waals surface area contributed by atoms with Crippen LogP contribution in [0.4, 0.5) is 0 Å². The average Bonchev–Trinajstić information content (AvgIpc) is 2.24. The first-order valence-electron chi connectivity index (χ1n) is 8.20. The van der Waals surface area contributed by atoms with Gasteiger partial charge in [0.15, 0.2) is 0 Å². The van der Waals surface area contributed by atoms with Gasteiger partial charge in [0.25, 0.3) is 0 Å². The lowest BCUT2D eigenvalue weighted by atomic mass is 9.79. The molecule has 0 spiro atoms. The molecule has 0 aromatic heterocycles. The molecule has 2 saturated heterocycles. The molecule has 2 rings (SSSR count). The first-order chi connectivity index (χ1) is 8.69. The Labute approximate surface area is 120 Å². The van der Waals surface area contributed by atoms with Crippen LogP contribution in [-0.2, 0) is 0 Å². The van der Waals surface area contributed by atoms with Crippen LogP contribution < -0.4 is 0 Å². The van der Waals surface area contributed by atoms with Crippen LogP contribution in [0.25, 0.3) is 0 Å². The van der Waals surface area contributed by atoms with Gasteiger partial charge in [0.05, 0.1) is 0 Å². The van der Waals surface area contributed by atoms with E-state index in [0.717, 1.165) is 6.04 Å². The molecule has 0 radical (unpaired) electrons. The third-order valence-electron chi connectivity index (χ3n) is 4.93. The molecule has 0 amide bonds. The van der Waals surface area contributed by atoms with Crippen molar-refractivity contribution in [1.82, 2.24) is 9.80 Å². The van der Waals surface area contributed by atoms with Crippen molar-refractivity contribution in [1.29, 1.82) is 0 Å². The average molecular weight is 266 g/mol. The highest BCUT2D eigenvalue weighted by molar-refractivity contribution is 4.96. The number of piperidine rings is 1. The fraction of sp³-hybridized carbons (Fsp3) is 1.00. The van der Waals surface area contributed by atoms with Crippen molar-refractivity contribution >= 4 is 0 Å². The van der Waals surface area contributed by atoms with Crippen LogP contribution in [0.15, 0.2) is 0 Å². The monoisotopic (exact) mass is 266 g/mol. The Morgan fingerprint density at radius 3 is 2.32 bits per heavy atom. The number of nitrogens with zero attached hydrogens (tertiary/aromatic N) is 2. The largest absolute Gasteiger partial charge is 0.298 e. The van der Waals surface area contributed by atoms with E-state index in [1.807, 2.05) is 0 Å². The molecule has 2 heteroatoms. The molecule has 19 heavy (non-hydrogen) atoms. The van der Waals surface area contributed by atoms with Crippen molar-refractivity contribution in [2.45, 2.75) is 84.8 Å². The SMILES string of the molecule is CC1CN2CCCCC2CN1C(C)(C)CC(C)(C)C. The molecule has 0 bridgehead atoms. The fourth-order valence-electron chi connectivity index (χ4n) is 4.60. The molecule has 0 aromatic rings.